The Bertz CT molecular complexity index is 1500. The molecule has 182 valence electrons. The van der Waals surface area contributed by atoms with Gasteiger partial charge in [0.15, 0.2) is 0 Å². The van der Waals surface area contributed by atoms with Crippen LogP contribution in [0.3, 0.4) is 0 Å². The van der Waals surface area contributed by atoms with Gasteiger partial charge in [0.05, 0.1) is 4.90 Å². The van der Waals surface area contributed by atoms with Crippen molar-refractivity contribution >= 4 is 26.8 Å². The van der Waals surface area contributed by atoms with E-state index in [4.69, 9.17) is 5.73 Å². The molecule has 0 saturated carbocycles. The minimum Gasteiger partial charge on any atom is -0.366 e. The highest BCUT2D eigenvalue weighted by atomic mass is 32.2. The second-order valence-electron chi connectivity index (χ2n) is 9.11. The molecule has 0 unspecified atom stereocenters. The fraction of sp³-hybridized carbons (Fsp3) is 0.250. The van der Waals surface area contributed by atoms with Crippen molar-refractivity contribution < 1.29 is 13.2 Å². The third kappa shape index (κ3) is 5.01. The molecule has 3 N–H and O–H groups in total. The molecule has 0 saturated heterocycles. The summed E-state index contributed by atoms with van der Waals surface area (Å²) >= 11 is 0. The fourth-order valence-corrected chi connectivity index (χ4v) is 6.59. The van der Waals surface area contributed by atoms with Crippen molar-refractivity contribution in [3.63, 3.8) is 0 Å². The number of sulfonamides is 1. The first-order chi connectivity index (χ1) is 16.6. The first kappa shape index (κ1) is 24.7. The van der Waals surface area contributed by atoms with Gasteiger partial charge in [0.2, 0.25) is 15.9 Å². The van der Waals surface area contributed by atoms with Crippen molar-refractivity contribution in [1.29, 1.82) is 0 Å². The van der Waals surface area contributed by atoms with Gasteiger partial charge in [0, 0.05) is 40.8 Å². The molecule has 0 aliphatic heterocycles. The zero-order valence-electron chi connectivity index (χ0n) is 20.5. The molecule has 0 spiro atoms. The van der Waals surface area contributed by atoms with Crippen LogP contribution in [-0.4, -0.2) is 24.9 Å². The van der Waals surface area contributed by atoms with E-state index in [0.29, 0.717) is 23.4 Å². The number of nitrogens with two attached hydrogens (primary N) is 1. The summed E-state index contributed by atoms with van der Waals surface area (Å²) in [6.07, 6.45) is 2.65. The van der Waals surface area contributed by atoms with Crippen molar-refractivity contribution in [3.05, 3.63) is 89.1 Å². The lowest BCUT2D eigenvalue weighted by Gasteiger charge is -2.20. The molecule has 1 amide bonds. The van der Waals surface area contributed by atoms with Gasteiger partial charge in [-0.15, -0.1) is 0 Å². The molecule has 4 aromatic rings. The van der Waals surface area contributed by atoms with Gasteiger partial charge in [0.25, 0.3) is 0 Å². The Kier molecular flexibility index (Phi) is 6.83. The molecular weight excluding hydrogens is 458 g/mol. The number of nitrogens with one attached hydrogen (secondary N) is 1. The van der Waals surface area contributed by atoms with E-state index < -0.39 is 15.9 Å². The van der Waals surface area contributed by atoms with Crippen LogP contribution in [0, 0.1) is 20.8 Å². The third-order valence-electron chi connectivity index (χ3n) is 6.35. The summed E-state index contributed by atoms with van der Waals surface area (Å²) in [4.78, 5) is 12.1. The highest BCUT2D eigenvalue weighted by Crippen LogP contribution is 2.32. The van der Waals surface area contributed by atoms with Gasteiger partial charge in [-0.3, -0.25) is 4.79 Å². The van der Waals surface area contributed by atoms with Crippen LogP contribution in [-0.2, 0) is 16.6 Å². The molecule has 1 heterocycles. The quantitative estimate of drug-likeness (QED) is 0.361. The first-order valence-electron chi connectivity index (χ1n) is 11.7. The first-order valence-corrected chi connectivity index (χ1v) is 13.2. The highest BCUT2D eigenvalue weighted by molar-refractivity contribution is 7.89. The van der Waals surface area contributed by atoms with Crippen molar-refractivity contribution in [3.8, 4) is 11.1 Å². The van der Waals surface area contributed by atoms with Crippen LogP contribution in [0.15, 0.2) is 71.8 Å². The lowest BCUT2D eigenvalue weighted by Crippen LogP contribution is -2.38. The largest absolute Gasteiger partial charge is 0.366 e. The van der Waals surface area contributed by atoms with Crippen molar-refractivity contribution in [1.82, 2.24) is 9.29 Å². The van der Waals surface area contributed by atoms with E-state index in [1.807, 2.05) is 82.4 Å². The number of rotatable bonds is 8. The maximum absolute atomic E-state index is 13.4. The number of aryl methyl sites for hydroxylation is 3. The molecule has 3 aromatic carbocycles. The zero-order valence-corrected chi connectivity index (χ0v) is 21.3. The van der Waals surface area contributed by atoms with Crippen molar-refractivity contribution in [2.75, 3.05) is 0 Å². The van der Waals surface area contributed by atoms with Gasteiger partial charge < -0.3 is 10.3 Å². The molecule has 0 aliphatic rings. The van der Waals surface area contributed by atoms with E-state index in [1.54, 1.807) is 12.1 Å². The Hall–Kier alpha value is -3.42. The number of amides is 1. The smallest absolute Gasteiger partial charge is 0.248 e. The Morgan fingerprint density at radius 3 is 2.34 bits per heavy atom. The van der Waals surface area contributed by atoms with Crippen molar-refractivity contribution in [2.45, 2.75) is 51.6 Å². The maximum atomic E-state index is 13.4. The second kappa shape index (κ2) is 9.68. The van der Waals surface area contributed by atoms with E-state index in [9.17, 15) is 13.2 Å². The van der Waals surface area contributed by atoms with Gasteiger partial charge >= 0.3 is 0 Å². The molecule has 0 radical (unpaired) electrons. The average Bonchev–Trinajstić information content (AvgIpc) is 3.16. The molecule has 1 aromatic heterocycles. The third-order valence-corrected chi connectivity index (χ3v) is 8.18. The monoisotopic (exact) mass is 489 g/mol. The van der Waals surface area contributed by atoms with Crippen LogP contribution in [0.25, 0.3) is 22.0 Å². The normalized spacial score (nSPS) is 12.7. The van der Waals surface area contributed by atoms with Crippen LogP contribution in [0.2, 0.25) is 0 Å². The summed E-state index contributed by atoms with van der Waals surface area (Å²) in [5, 5.41) is 1.03. The molecule has 4 rings (SSSR count). The molecule has 0 bridgehead atoms. The predicted octanol–water partition coefficient (Wildman–Crippen LogP) is 5.09. The number of hydrogen-bond donors (Lipinski definition) is 2. The highest BCUT2D eigenvalue weighted by Gasteiger charge is 2.24. The fourth-order valence-electron chi connectivity index (χ4n) is 4.82. The van der Waals surface area contributed by atoms with Crippen LogP contribution in [0.4, 0.5) is 0 Å². The Labute approximate surface area is 206 Å². The van der Waals surface area contributed by atoms with Gasteiger partial charge in [-0.25, -0.2) is 13.1 Å². The van der Waals surface area contributed by atoms with E-state index in [2.05, 4.69) is 9.29 Å². The number of fused-ring (bicyclic) bond motifs is 1. The molecule has 0 fully saturated rings. The topological polar surface area (TPSA) is 94.2 Å². The molecule has 0 aliphatic carbocycles. The van der Waals surface area contributed by atoms with E-state index >= 15 is 0 Å². The Morgan fingerprint density at radius 2 is 1.69 bits per heavy atom. The van der Waals surface area contributed by atoms with Gasteiger partial charge in [-0.2, -0.15) is 0 Å². The minimum absolute atomic E-state index is 0.305. The summed E-state index contributed by atoms with van der Waals surface area (Å²) in [5.74, 6) is -0.474. The predicted molar refractivity (Wildman–Crippen MR) is 141 cm³/mol. The SMILES string of the molecule is CC[C@H](Cn1cc(-c2cccc(C(N)=O)c2)c2ccccc21)NS(=O)(=O)c1c(C)cc(C)cc1C. The summed E-state index contributed by atoms with van der Waals surface area (Å²) in [6.45, 7) is 8.08. The summed E-state index contributed by atoms with van der Waals surface area (Å²) in [7, 11) is -3.70. The Balaban J connectivity index is 1.70. The summed E-state index contributed by atoms with van der Waals surface area (Å²) < 4.78 is 31.8. The maximum Gasteiger partial charge on any atom is 0.248 e. The average molecular weight is 490 g/mol. The number of benzene rings is 3. The molecular formula is C28H31N3O3S. The summed E-state index contributed by atoms with van der Waals surface area (Å²) in [6, 6.07) is 18.7. The van der Waals surface area contributed by atoms with E-state index in [-0.39, 0.29) is 6.04 Å². The van der Waals surface area contributed by atoms with Gasteiger partial charge in [-0.1, -0.05) is 55.0 Å². The van der Waals surface area contributed by atoms with E-state index in [1.165, 1.54) is 0 Å². The van der Waals surface area contributed by atoms with Crippen LogP contribution in [0.5, 0.6) is 0 Å². The number of primary amides is 1. The zero-order chi connectivity index (χ0) is 25.3. The number of aromatic nitrogens is 1. The molecule has 1 atom stereocenters. The molecule has 35 heavy (non-hydrogen) atoms. The number of carbonyl (C=O) groups is 1. The van der Waals surface area contributed by atoms with Crippen LogP contribution < -0.4 is 10.5 Å². The van der Waals surface area contributed by atoms with Gasteiger partial charge in [-0.05, 0) is 62.1 Å². The number of hydrogen-bond acceptors (Lipinski definition) is 3. The van der Waals surface area contributed by atoms with Crippen LogP contribution >= 0.6 is 0 Å². The van der Waals surface area contributed by atoms with Crippen molar-refractivity contribution in [2.24, 2.45) is 5.73 Å². The van der Waals surface area contributed by atoms with Crippen LogP contribution in [0.1, 0.15) is 40.4 Å². The Morgan fingerprint density at radius 1 is 1.00 bits per heavy atom. The summed E-state index contributed by atoms with van der Waals surface area (Å²) in [5.41, 5.74) is 11.3. The molecule has 6 nitrogen and oxygen atoms in total. The lowest BCUT2D eigenvalue weighted by atomic mass is 10.0. The second-order valence-corrected chi connectivity index (χ2v) is 10.8. The minimum atomic E-state index is -3.70. The van der Waals surface area contributed by atoms with E-state index in [0.717, 1.165) is 38.7 Å². The molecule has 7 heteroatoms. The standard InChI is InChI=1S/C28H31N3O3S/c1-5-23(30-35(33,34)27-19(3)13-18(2)14-20(27)4)16-31-17-25(24-11-6-7-12-26(24)31)21-9-8-10-22(15-21)28(29)32/h6-15,17,23,30H,5,16H2,1-4H3,(H2,29,32)/t23-/m1/s1. The number of carbonyl (C=O) groups excluding carboxylic acids is 1. The lowest BCUT2D eigenvalue weighted by molar-refractivity contribution is 0.100. The number of para-hydroxylation sites is 1. The number of nitrogens with zero attached hydrogens (tertiary/aromatic N) is 1. The van der Waals surface area contributed by atoms with Gasteiger partial charge in [0.1, 0.15) is 0 Å².